The summed E-state index contributed by atoms with van der Waals surface area (Å²) in [5.41, 5.74) is -2.00. The molecule has 30 heavy (non-hydrogen) atoms. The van der Waals surface area contributed by atoms with Crippen molar-refractivity contribution in [2.24, 2.45) is 0 Å². The molecule has 0 aromatic rings. The molecule has 0 fully saturated rings. The SMILES string of the molecule is CCOC(=O)C(NC(C)=O)([C]1C=CC(OC)=CC1)C(=O)OCC.[C-]#[O+].[C-]#[O+].[C-]#[O+].[Fe]. The number of nitrogens with one attached hydrogen (secondary N) is 1. The van der Waals surface area contributed by atoms with E-state index in [1.807, 2.05) is 0 Å². The van der Waals surface area contributed by atoms with Gasteiger partial charge in [0.1, 0.15) is 5.76 Å². The van der Waals surface area contributed by atoms with Crippen LogP contribution in [-0.4, -0.2) is 43.7 Å². The average molecular weight is 464 g/mol. The molecule has 0 atom stereocenters. The minimum atomic E-state index is -2.00. The van der Waals surface area contributed by atoms with Gasteiger partial charge >= 0.3 is 45.8 Å². The predicted molar refractivity (Wildman–Crippen MR) is 93.7 cm³/mol. The van der Waals surface area contributed by atoms with E-state index in [1.54, 1.807) is 32.1 Å². The van der Waals surface area contributed by atoms with Gasteiger partial charge in [0.25, 0.3) is 0 Å². The van der Waals surface area contributed by atoms with E-state index < -0.39 is 23.4 Å². The third-order valence-electron chi connectivity index (χ3n) is 3.22. The predicted octanol–water partition coefficient (Wildman–Crippen LogP) is 0.937. The van der Waals surface area contributed by atoms with Crippen LogP contribution in [0.3, 0.4) is 0 Å². The second kappa shape index (κ2) is 21.1. The molecule has 0 heterocycles. The van der Waals surface area contributed by atoms with Crippen LogP contribution >= 0.6 is 0 Å². The van der Waals surface area contributed by atoms with Gasteiger partial charge in [0.15, 0.2) is 0 Å². The van der Waals surface area contributed by atoms with Crippen molar-refractivity contribution in [3.8, 4) is 0 Å². The molecule has 165 valence electrons. The van der Waals surface area contributed by atoms with Crippen LogP contribution in [0.5, 0.6) is 0 Å². The average Bonchev–Trinajstić information content (AvgIpc) is 2.76. The van der Waals surface area contributed by atoms with Crippen molar-refractivity contribution in [3.05, 3.63) is 49.9 Å². The molecular weight excluding hydrogens is 442 g/mol. The summed E-state index contributed by atoms with van der Waals surface area (Å²) >= 11 is 0. The fourth-order valence-corrected chi connectivity index (χ4v) is 2.23. The Hall–Kier alpha value is -2.57. The van der Waals surface area contributed by atoms with E-state index in [2.05, 4.69) is 25.3 Å². The van der Waals surface area contributed by atoms with Crippen molar-refractivity contribution >= 4 is 17.8 Å². The van der Waals surface area contributed by atoms with Gasteiger partial charge in [0.2, 0.25) is 11.4 Å². The number of carbonyl (C=O) groups is 3. The first-order valence-electron chi connectivity index (χ1n) is 7.95. The van der Waals surface area contributed by atoms with Crippen molar-refractivity contribution in [1.82, 2.24) is 5.32 Å². The number of carbonyl (C=O) groups excluding carboxylic acids is 3. The van der Waals surface area contributed by atoms with Gasteiger partial charge in [0, 0.05) is 24.0 Å². The normalized spacial score (nSPS) is 11.5. The first-order valence-corrected chi connectivity index (χ1v) is 7.95. The molecular formula is C19H22FeNO9. The van der Waals surface area contributed by atoms with E-state index in [1.165, 1.54) is 14.0 Å². The van der Waals surface area contributed by atoms with Crippen LogP contribution in [0.1, 0.15) is 27.2 Å². The molecule has 0 aliphatic heterocycles. The molecule has 10 nitrogen and oxygen atoms in total. The van der Waals surface area contributed by atoms with Gasteiger partial charge < -0.3 is 19.5 Å². The fraction of sp³-hybridized carbons (Fsp3) is 0.421. The van der Waals surface area contributed by atoms with Crippen LogP contribution in [0, 0.1) is 25.9 Å². The molecule has 0 unspecified atom stereocenters. The number of allylic oxidation sites excluding steroid dienone is 2. The van der Waals surface area contributed by atoms with E-state index in [0.717, 1.165) is 0 Å². The summed E-state index contributed by atoms with van der Waals surface area (Å²) in [7, 11) is 1.51. The molecule has 0 bridgehead atoms. The van der Waals surface area contributed by atoms with Gasteiger partial charge in [-0.25, -0.2) is 9.59 Å². The van der Waals surface area contributed by atoms with Gasteiger partial charge in [0.05, 0.1) is 26.2 Å². The van der Waals surface area contributed by atoms with Crippen molar-refractivity contribution in [2.45, 2.75) is 32.7 Å². The number of esters is 2. The summed E-state index contributed by atoms with van der Waals surface area (Å²) in [6, 6.07) is 0. The molecule has 0 spiro atoms. The molecule has 0 saturated heterocycles. The standard InChI is InChI=1S/C16H22NO6.3CO.Fe/c1-5-22-14(19)16(17-11(3)18,15(20)23-6-2)12-7-9-13(21-4)10-8-12;3*1-2;/h7,9-10H,5-6,8H2,1-4H3,(H,17,18);;;;. The van der Waals surface area contributed by atoms with E-state index in [-0.39, 0.29) is 36.7 Å². The van der Waals surface area contributed by atoms with E-state index >= 15 is 0 Å². The minimum Gasteiger partial charge on any atom is 0 e. The summed E-state index contributed by atoms with van der Waals surface area (Å²) in [4.78, 5) is 36.7. The monoisotopic (exact) mass is 464 g/mol. The van der Waals surface area contributed by atoms with Gasteiger partial charge in [-0.1, -0.05) is 6.08 Å². The molecule has 1 N–H and O–H groups in total. The zero-order valence-corrected chi connectivity index (χ0v) is 18.0. The smallest absolute Gasteiger partial charge is 0 e. The number of hydrogen-bond acceptors (Lipinski definition) is 6. The Kier molecular flexibility index (Phi) is 24.6. The van der Waals surface area contributed by atoms with E-state index in [9.17, 15) is 14.4 Å². The largest absolute Gasteiger partial charge is 0 e. The number of rotatable bonds is 7. The zero-order valence-electron chi connectivity index (χ0n) is 16.9. The van der Waals surface area contributed by atoms with Crippen LogP contribution in [-0.2, 0) is 59.6 Å². The molecule has 0 saturated carbocycles. The minimum absolute atomic E-state index is 0. The summed E-state index contributed by atoms with van der Waals surface area (Å²) in [6.07, 6.45) is 5.10. The third kappa shape index (κ3) is 10.3. The molecule has 1 amide bonds. The first kappa shape index (κ1) is 34.9. The third-order valence-corrected chi connectivity index (χ3v) is 3.22. The van der Waals surface area contributed by atoms with Crippen LogP contribution < -0.4 is 5.32 Å². The Morgan fingerprint density at radius 1 is 1.00 bits per heavy atom. The quantitative estimate of drug-likeness (QED) is 0.195. The number of hydrogen-bond donors (Lipinski definition) is 1. The summed E-state index contributed by atoms with van der Waals surface area (Å²) < 4.78 is 37.6. The molecule has 11 heteroatoms. The Labute approximate surface area is 186 Å². The van der Waals surface area contributed by atoms with Crippen LogP contribution in [0.4, 0.5) is 0 Å². The molecule has 0 aromatic carbocycles. The zero-order chi connectivity index (χ0) is 23.5. The molecule has 0 aromatic heterocycles. The Morgan fingerprint density at radius 3 is 1.70 bits per heavy atom. The van der Waals surface area contributed by atoms with E-state index in [4.69, 9.17) is 28.2 Å². The van der Waals surface area contributed by atoms with Crippen LogP contribution in [0.2, 0.25) is 0 Å². The summed E-state index contributed by atoms with van der Waals surface area (Å²) in [5.74, 6) is -1.35. The Balaban J connectivity index is -0.000000441. The van der Waals surface area contributed by atoms with Crippen molar-refractivity contribution < 1.29 is 59.6 Å². The summed E-state index contributed by atoms with van der Waals surface area (Å²) in [5, 5.41) is 2.42. The van der Waals surface area contributed by atoms with Crippen LogP contribution in [0.15, 0.2) is 24.0 Å². The van der Waals surface area contributed by atoms with Crippen molar-refractivity contribution in [3.63, 3.8) is 0 Å². The molecule has 1 aliphatic carbocycles. The van der Waals surface area contributed by atoms with Gasteiger partial charge in [-0.05, 0) is 32.4 Å². The molecule has 1 aliphatic rings. The number of amides is 1. The molecule has 1 rings (SSSR count). The van der Waals surface area contributed by atoms with Crippen molar-refractivity contribution in [2.75, 3.05) is 20.3 Å². The first-order chi connectivity index (χ1) is 13.9. The number of ether oxygens (including phenoxy) is 3. The Bertz CT molecular complexity index is 618. The maximum Gasteiger partial charge on any atom is 0 e. The number of methoxy groups -OCH3 is 1. The maximum atomic E-state index is 12.5. The van der Waals surface area contributed by atoms with Gasteiger partial charge in [-0.2, -0.15) is 0 Å². The van der Waals surface area contributed by atoms with Gasteiger partial charge in [-0.3, -0.25) is 4.79 Å². The van der Waals surface area contributed by atoms with Gasteiger partial charge in [-0.15, -0.1) is 0 Å². The molecule has 1 radical (unpaired) electrons. The maximum absolute atomic E-state index is 12.5. The second-order valence-corrected chi connectivity index (χ2v) is 4.75. The van der Waals surface area contributed by atoms with E-state index in [0.29, 0.717) is 11.7 Å². The topological polar surface area (TPSA) is 151 Å². The van der Waals surface area contributed by atoms with Crippen molar-refractivity contribution in [1.29, 1.82) is 0 Å². The van der Waals surface area contributed by atoms with Crippen LogP contribution in [0.25, 0.3) is 0 Å². The Morgan fingerprint density at radius 2 is 1.43 bits per heavy atom. The fourth-order valence-electron chi connectivity index (χ4n) is 2.23. The summed E-state index contributed by atoms with van der Waals surface area (Å²) in [6.45, 7) is 18.1. The second-order valence-electron chi connectivity index (χ2n) is 4.75.